The van der Waals surface area contributed by atoms with Crippen molar-refractivity contribution in [3.63, 3.8) is 0 Å². The molecule has 2 rings (SSSR count). The van der Waals surface area contributed by atoms with Gasteiger partial charge in [-0.3, -0.25) is 0 Å². The van der Waals surface area contributed by atoms with Crippen molar-refractivity contribution >= 4 is 0 Å². The summed E-state index contributed by atoms with van der Waals surface area (Å²) >= 11 is 0. The van der Waals surface area contributed by atoms with E-state index < -0.39 is 0 Å². The third kappa shape index (κ3) is 3.48. The van der Waals surface area contributed by atoms with E-state index in [1.165, 1.54) is 57.8 Å². The first kappa shape index (κ1) is 14.3. The molecule has 4 unspecified atom stereocenters. The molecule has 2 fully saturated rings. The van der Waals surface area contributed by atoms with E-state index in [4.69, 9.17) is 4.74 Å². The lowest BCUT2D eigenvalue weighted by Gasteiger charge is -2.38. The predicted molar refractivity (Wildman–Crippen MR) is 74.5 cm³/mol. The first-order valence-electron chi connectivity index (χ1n) is 7.93. The van der Waals surface area contributed by atoms with E-state index in [0.717, 1.165) is 5.92 Å². The Bertz CT molecular complexity index is 235. The van der Waals surface area contributed by atoms with Crippen LogP contribution >= 0.6 is 0 Å². The molecule has 0 amide bonds. The first-order chi connectivity index (χ1) is 8.72. The van der Waals surface area contributed by atoms with Crippen LogP contribution in [0.15, 0.2) is 0 Å². The standard InChI is InChI=1S/C16H30O2/c1-12-7-6-10-14(11-12)15(17)16(18-2)13-8-4-3-5-9-13/h12-17H,3-11H2,1-2H3. The van der Waals surface area contributed by atoms with Crippen LogP contribution in [-0.4, -0.2) is 24.4 Å². The van der Waals surface area contributed by atoms with Crippen molar-refractivity contribution in [2.75, 3.05) is 7.11 Å². The Hall–Kier alpha value is -0.0800. The third-order valence-electron chi connectivity index (χ3n) is 5.18. The number of aliphatic hydroxyl groups is 1. The van der Waals surface area contributed by atoms with Gasteiger partial charge in [0.25, 0.3) is 0 Å². The quantitative estimate of drug-likeness (QED) is 0.827. The predicted octanol–water partition coefficient (Wildman–Crippen LogP) is 3.77. The van der Waals surface area contributed by atoms with Gasteiger partial charge in [-0.25, -0.2) is 0 Å². The van der Waals surface area contributed by atoms with Crippen LogP contribution in [0.2, 0.25) is 0 Å². The van der Waals surface area contributed by atoms with E-state index in [-0.39, 0.29) is 12.2 Å². The zero-order valence-electron chi connectivity index (χ0n) is 12.1. The van der Waals surface area contributed by atoms with Crippen molar-refractivity contribution in [1.29, 1.82) is 0 Å². The average molecular weight is 254 g/mol. The second-order valence-corrected chi connectivity index (χ2v) is 6.62. The van der Waals surface area contributed by atoms with E-state index in [1.54, 1.807) is 7.11 Å². The van der Waals surface area contributed by atoms with E-state index >= 15 is 0 Å². The van der Waals surface area contributed by atoms with Crippen molar-refractivity contribution in [1.82, 2.24) is 0 Å². The molecule has 2 heteroatoms. The summed E-state index contributed by atoms with van der Waals surface area (Å²) in [4.78, 5) is 0. The summed E-state index contributed by atoms with van der Waals surface area (Å²) in [7, 11) is 1.79. The molecule has 0 bridgehead atoms. The Labute approximate surface area is 112 Å². The highest BCUT2D eigenvalue weighted by molar-refractivity contribution is 4.86. The van der Waals surface area contributed by atoms with E-state index in [0.29, 0.717) is 11.8 Å². The second-order valence-electron chi connectivity index (χ2n) is 6.62. The molecule has 0 heterocycles. The number of hydrogen-bond acceptors (Lipinski definition) is 2. The van der Waals surface area contributed by atoms with Gasteiger partial charge in [-0.05, 0) is 43.4 Å². The van der Waals surface area contributed by atoms with Gasteiger partial charge in [0.2, 0.25) is 0 Å². The summed E-state index contributed by atoms with van der Waals surface area (Å²) < 4.78 is 5.69. The highest BCUT2D eigenvalue weighted by Gasteiger charge is 2.35. The molecule has 2 nitrogen and oxygen atoms in total. The van der Waals surface area contributed by atoms with Gasteiger partial charge in [-0.2, -0.15) is 0 Å². The summed E-state index contributed by atoms with van der Waals surface area (Å²) in [6.45, 7) is 2.32. The summed E-state index contributed by atoms with van der Waals surface area (Å²) in [6, 6.07) is 0. The van der Waals surface area contributed by atoms with Gasteiger partial charge in [0.15, 0.2) is 0 Å². The highest BCUT2D eigenvalue weighted by Crippen LogP contribution is 2.36. The lowest BCUT2D eigenvalue weighted by atomic mass is 9.74. The monoisotopic (exact) mass is 254 g/mol. The van der Waals surface area contributed by atoms with Crippen molar-refractivity contribution in [3.05, 3.63) is 0 Å². The van der Waals surface area contributed by atoms with Crippen LogP contribution in [0.3, 0.4) is 0 Å². The fourth-order valence-electron chi connectivity index (χ4n) is 4.13. The zero-order valence-corrected chi connectivity index (χ0v) is 12.1. The summed E-state index contributed by atoms with van der Waals surface area (Å²) in [5.74, 6) is 1.85. The summed E-state index contributed by atoms with van der Waals surface area (Å²) in [6.07, 6.45) is 11.3. The largest absolute Gasteiger partial charge is 0.390 e. The highest BCUT2D eigenvalue weighted by atomic mass is 16.5. The van der Waals surface area contributed by atoms with Crippen molar-refractivity contribution in [2.45, 2.75) is 76.9 Å². The maximum Gasteiger partial charge on any atom is 0.0860 e. The van der Waals surface area contributed by atoms with Gasteiger partial charge in [0, 0.05) is 7.11 Å². The zero-order chi connectivity index (χ0) is 13.0. The average Bonchev–Trinajstić information content (AvgIpc) is 2.41. The molecule has 2 aliphatic carbocycles. The van der Waals surface area contributed by atoms with Crippen LogP contribution in [-0.2, 0) is 4.74 Å². The fourth-order valence-corrected chi connectivity index (χ4v) is 4.13. The van der Waals surface area contributed by atoms with Gasteiger partial charge in [-0.15, -0.1) is 0 Å². The number of aliphatic hydroxyl groups excluding tert-OH is 1. The first-order valence-corrected chi connectivity index (χ1v) is 7.93. The number of methoxy groups -OCH3 is 1. The maximum atomic E-state index is 10.7. The minimum Gasteiger partial charge on any atom is -0.390 e. The van der Waals surface area contributed by atoms with Crippen LogP contribution in [0.1, 0.15) is 64.7 Å². The Morgan fingerprint density at radius 1 is 0.944 bits per heavy atom. The van der Waals surface area contributed by atoms with Gasteiger partial charge in [-0.1, -0.05) is 39.0 Å². The third-order valence-corrected chi connectivity index (χ3v) is 5.18. The Morgan fingerprint density at radius 3 is 2.22 bits per heavy atom. The van der Waals surface area contributed by atoms with Crippen LogP contribution in [0.4, 0.5) is 0 Å². The van der Waals surface area contributed by atoms with Crippen LogP contribution < -0.4 is 0 Å². The lowest BCUT2D eigenvalue weighted by molar-refractivity contribution is -0.0864. The van der Waals surface area contributed by atoms with Gasteiger partial charge in [0.1, 0.15) is 0 Å². The smallest absolute Gasteiger partial charge is 0.0860 e. The molecular weight excluding hydrogens is 224 g/mol. The molecule has 2 aliphatic rings. The van der Waals surface area contributed by atoms with Gasteiger partial charge in [0.05, 0.1) is 12.2 Å². The van der Waals surface area contributed by atoms with E-state index in [1.807, 2.05) is 0 Å². The van der Waals surface area contributed by atoms with Crippen molar-refractivity contribution in [3.8, 4) is 0 Å². The van der Waals surface area contributed by atoms with Crippen LogP contribution in [0.25, 0.3) is 0 Å². The summed E-state index contributed by atoms with van der Waals surface area (Å²) in [5.41, 5.74) is 0. The Balaban J connectivity index is 1.93. The Kier molecular flexibility index (Phi) is 5.50. The molecule has 0 aliphatic heterocycles. The minimum absolute atomic E-state index is 0.0839. The maximum absolute atomic E-state index is 10.7. The molecule has 4 atom stereocenters. The SMILES string of the molecule is COC(C1CCCCC1)C(O)C1CCCC(C)C1. The molecule has 0 aromatic heterocycles. The van der Waals surface area contributed by atoms with E-state index in [2.05, 4.69) is 6.92 Å². The molecular formula is C16H30O2. The number of ether oxygens (including phenoxy) is 1. The molecule has 0 aromatic carbocycles. The molecule has 0 aromatic rings. The molecule has 0 radical (unpaired) electrons. The number of hydrogen-bond donors (Lipinski definition) is 1. The summed E-state index contributed by atoms with van der Waals surface area (Å²) in [5, 5.41) is 10.7. The lowest BCUT2D eigenvalue weighted by Crippen LogP contribution is -2.42. The van der Waals surface area contributed by atoms with Crippen molar-refractivity contribution in [2.24, 2.45) is 17.8 Å². The minimum atomic E-state index is -0.235. The fraction of sp³-hybridized carbons (Fsp3) is 1.00. The molecule has 18 heavy (non-hydrogen) atoms. The van der Waals surface area contributed by atoms with Crippen LogP contribution in [0, 0.1) is 17.8 Å². The molecule has 0 saturated heterocycles. The second kappa shape index (κ2) is 6.91. The van der Waals surface area contributed by atoms with Gasteiger partial charge >= 0.3 is 0 Å². The number of rotatable bonds is 4. The van der Waals surface area contributed by atoms with Gasteiger partial charge < -0.3 is 9.84 Å². The normalized spacial score (nSPS) is 34.2. The molecule has 0 spiro atoms. The topological polar surface area (TPSA) is 29.5 Å². The van der Waals surface area contributed by atoms with E-state index in [9.17, 15) is 5.11 Å². The van der Waals surface area contributed by atoms with Crippen LogP contribution in [0.5, 0.6) is 0 Å². The Morgan fingerprint density at radius 2 is 1.61 bits per heavy atom. The molecule has 106 valence electrons. The van der Waals surface area contributed by atoms with Crippen molar-refractivity contribution < 1.29 is 9.84 Å². The molecule has 2 saturated carbocycles. The molecule has 1 N–H and O–H groups in total.